The Morgan fingerprint density at radius 3 is 2.79 bits per heavy atom. The zero-order valence-electron chi connectivity index (χ0n) is 10.5. The van der Waals surface area contributed by atoms with Crippen molar-refractivity contribution in [2.24, 2.45) is 0 Å². The van der Waals surface area contributed by atoms with Crippen LogP contribution in [-0.4, -0.2) is 28.4 Å². The number of allylic oxidation sites excluding steroid dienone is 1. The average molecular weight is 320 g/mol. The quantitative estimate of drug-likeness (QED) is 0.850. The maximum absolute atomic E-state index is 11.8. The molecule has 0 aromatic heterocycles. The lowest BCUT2D eigenvalue weighted by molar-refractivity contribution is -0.127. The van der Waals surface area contributed by atoms with E-state index in [9.17, 15) is 9.90 Å². The first-order valence-electron chi connectivity index (χ1n) is 5.91. The van der Waals surface area contributed by atoms with Crippen LogP contribution in [0, 0.1) is 12.3 Å². The number of hydrogen-bond donors (Lipinski definition) is 1. The van der Waals surface area contributed by atoms with Gasteiger partial charge in [0, 0.05) is 16.2 Å². The average Bonchev–Trinajstić information content (AvgIpc) is 2.38. The predicted molar refractivity (Wildman–Crippen MR) is 77.2 cm³/mol. The molecule has 1 heterocycles. The second kappa shape index (κ2) is 5.60. The van der Waals surface area contributed by atoms with E-state index < -0.39 is 12.1 Å². The highest BCUT2D eigenvalue weighted by Gasteiger charge is 2.36. The van der Waals surface area contributed by atoms with Crippen molar-refractivity contribution in [3.8, 4) is 12.3 Å². The molecule has 0 unspecified atom stereocenters. The molecule has 0 aliphatic carbocycles. The van der Waals surface area contributed by atoms with Crippen molar-refractivity contribution in [2.75, 3.05) is 6.54 Å². The number of benzene rings is 1. The fourth-order valence-electron chi connectivity index (χ4n) is 2.29. The molecule has 0 fully saturated rings. The summed E-state index contributed by atoms with van der Waals surface area (Å²) in [6, 6.07) is 7.07. The standard InChI is InChI=1S/C15H14BrNO2/c1-3-8-17-10(2)9-13(18)15(19)14(17)11-6-4-5-7-12(11)16/h1,4-7,9,14-15,19H,8H2,2H3/t14-,15-/m1/s1. The van der Waals surface area contributed by atoms with Crippen molar-refractivity contribution >= 4 is 21.7 Å². The number of terminal acetylenes is 1. The Hall–Kier alpha value is -1.57. The van der Waals surface area contributed by atoms with Crippen LogP contribution >= 0.6 is 15.9 Å². The highest BCUT2D eigenvalue weighted by Crippen LogP contribution is 2.35. The molecule has 2 atom stereocenters. The van der Waals surface area contributed by atoms with Gasteiger partial charge in [0.2, 0.25) is 0 Å². The summed E-state index contributed by atoms with van der Waals surface area (Å²) in [7, 11) is 0. The van der Waals surface area contributed by atoms with E-state index in [2.05, 4.69) is 21.9 Å². The summed E-state index contributed by atoms with van der Waals surface area (Å²) in [6.07, 6.45) is 5.72. The van der Waals surface area contributed by atoms with Gasteiger partial charge in [0.05, 0.1) is 12.6 Å². The van der Waals surface area contributed by atoms with E-state index in [0.717, 1.165) is 15.7 Å². The Kier molecular flexibility index (Phi) is 4.08. The zero-order valence-corrected chi connectivity index (χ0v) is 12.1. The van der Waals surface area contributed by atoms with Crippen LogP contribution in [0.5, 0.6) is 0 Å². The second-order valence-corrected chi connectivity index (χ2v) is 5.29. The first-order chi connectivity index (χ1) is 9.06. The molecule has 1 aliphatic heterocycles. The highest BCUT2D eigenvalue weighted by molar-refractivity contribution is 9.10. The number of hydrogen-bond acceptors (Lipinski definition) is 3. The SMILES string of the molecule is C#CCN1C(C)=CC(=O)[C@@H](O)[C@H]1c1ccccc1Br. The maximum Gasteiger partial charge on any atom is 0.188 e. The molecule has 2 rings (SSSR count). The van der Waals surface area contributed by atoms with Crippen molar-refractivity contribution in [3.63, 3.8) is 0 Å². The Labute approximate surface area is 121 Å². The topological polar surface area (TPSA) is 40.5 Å². The Morgan fingerprint density at radius 2 is 2.16 bits per heavy atom. The zero-order chi connectivity index (χ0) is 14.0. The molecule has 98 valence electrons. The molecule has 1 aromatic rings. The van der Waals surface area contributed by atoms with E-state index >= 15 is 0 Å². The second-order valence-electron chi connectivity index (χ2n) is 4.43. The predicted octanol–water partition coefficient (Wildman–Crippen LogP) is 2.27. The van der Waals surface area contributed by atoms with E-state index in [1.54, 1.807) is 0 Å². The Balaban J connectivity index is 2.51. The van der Waals surface area contributed by atoms with Crippen LogP contribution in [0.4, 0.5) is 0 Å². The van der Waals surface area contributed by atoms with E-state index in [0.29, 0.717) is 6.54 Å². The molecule has 1 aliphatic rings. The molecule has 1 N–H and O–H groups in total. The lowest BCUT2D eigenvalue weighted by atomic mass is 9.92. The molecule has 0 radical (unpaired) electrons. The molecular weight excluding hydrogens is 306 g/mol. The van der Waals surface area contributed by atoms with Crippen LogP contribution in [-0.2, 0) is 4.79 Å². The molecule has 4 heteroatoms. The number of rotatable bonds is 2. The van der Waals surface area contributed by atoms with Gasteiger partial charge in [-0.15, -0.1) is 6.42 Å². The van der Waals surface area contributed by atoms with Gasteiger partial charge >= 0.3 is 0 Å². The Morgan fingerprint density at radius 1 is 1.47 bits per heavy atom. The first kappa shape index (κ1) is 13.9. The fourth-order valence-corrected chi connectivity index (χ4v) is 2.81. The number of aliphatic hydroxyl groups excluding tert-OH is 1. The van der Waals surface area contributed by atoms with E-state index in [1.165, 1.54) is 6.08 Å². The van der Waals surface area contributed by atoms with Crippen LogP contribution < -0.4 is 0 Å². The highest BCUT2D eigenvalue weighted by atomic mass is 79.9. The first-order valence-corrected chi connectivity index (χ1v) is 6.70. The van der Waals surface area contributed by atoms with Crippen molar-refractivity contribution in [1.82, 2.24) is 4.90 Å². The number of aliphatic hydroxyl groups is 1. The Bertz CT molecular complexity index is 574. The summed E-state index contributed by atoms with van der Waals surface area (Å²) in [6.45, 7) is 2.17. The molecule has 1 aromatic carbocycles. The third-order valence-corrected chi connectivity index (χ3v) is 3.94. The van der Waals surface area contributed by atoms with E-state index in [-0.39, 0.29) is 5.78 Å². The van der Waals surface area contributed by atoms with Gasteiger partial charge in [0.1, 0.15) is 6.10 Å². The number of halogens is 1. The molecule has 0 saturated carbocycles. The number of ketones is 1. The molecule has 19 heavy (non-hydrogen) atoms. The summed E-state index contributed by atoms with van der Waals surface area (Å²) in [5, 5.41) is 10.2. The van der Waals surface area contributed by atoms with Gasteiger partial charge in [-0.3, -0.25) is 4.79 Å². The van der Waals surface area contributed by atoms with E-state index in [1.807, 2.05) is 36.1 Å². The molecule has 0 saturated heterocycles. The van der Waals surface area contributed by atoms with Gasteiger partial charge < -0.3 is 10.0 Å². The minimum atomic E-state index is -1.10. The largest absolute Gasteiger partial charge is 0.382 e. The minimum absolute atomic E-state index is 0.286. The van der Waals surface area contributed by atoms with Crippen molar-refractivity contribution in [2.45, 2.75) is 19.1 Å². The van der Waals surface area contributed by atoms with Crippen LogP contribution in [0.15, 0.2) is 40.5 Å². The maximum atomic E-state index is 11.8. The number of nitrogens with zero attached hydrogens (tertiary/aromatic N) is 1. The lowest BCUT2D eigenvalue weighted by Crippen LogP contribution is -2.43. The van der Waals surface area contributed by atoms with Crippen molar-refractivity contribution < 1.29 is 9.90 Å². The summed E-state index contributed by atoms with van der Waals surface area (Å²) in [5.74, 6) is 2.28. The summed E-state index contributed by atoms with van der Waals surface area (Å²) in [4.78, 5) is 13.7. The van der Waals surface area contributed by atoms with Gasteiger partial charge in [-0.05, 0) is 18.6 Å². The van der Waals surface area contributed by atoms with Gasteiger partial charge in [-0.2, -0.15) is 0 Å². The van der Waals surface area contributed by atoms with Crippen LogP contribution in [0.25, 0.3) is 0 Å². The van der Waals surface area contributed by atoms with Crippen molar-refractivity contribution in [3.05, 3.63) is 46.1 Å². The van der Waals surface area contributed by atoms with Crippen molar-refractivity contribution in [1.29, 1.82) is 0 Å². The third-order valence-electron chi connectivity index (χ3n) is 3.22. The summed E-state index contributed by atoms with van der Waals surface area (Å²) >= 11 is 3.46. The third kappa shape index (κ3) is 2.58. The minimum Gasteiger partial charge on any atom is -0.382 e. The molecular formula is C15H14BrNO2. The normalized spacial score (nSPS) is 22.9. The molecule has 0 spiro atoms. The fraction of sp³-hybridized carbons (Fsp3) is 0.267. The lowest BCUT2D eigenvalue weighted by Gasteiger charge is -2.38. The van der Waals surface area contributed by atoms with Gasteiger partial charge in [-0.25, -0.2) is 0 Å². The number of carbonyl (C=O) groups excluding carboxylic acids is 1. The van der Waals surface area contributed by atoms with Crippen LogP contribution in [0.2, 0.25) is 0 Å². The number of carbonyl (C=O) groups is 1. The monoisotopic (exact) mass is 319 g/mol. The van der Waals surface area contributed by atoms with Gasteiger partial charge in [-0.1, -0.05) is 40.0 Å². The molecule has 0 amide bonds. The van der Waals surface area contributed by atoms with Crippen LogP contribution in [0.1, 0.15) is 18.5 Å². The molecule has 3 nitrogen and oxygen atoms in total. The van der Waals surface area contributed by atoms with Crippen LogP contribution in [0.3, 0.4) is 0 Å². The van der Waals surface area contributed by atoms with Gasteiger partial charge in [0.25, 0.3) is 0 Å². The molecule has 0 bridgehead atoms. The van der Waals surface area contributed by atoms with E-state index in [4.69, 9.17) is 6.42 Å². The summed E-state index contributed by atoms with van der Waals surface area (Å²) < 4.78 is 0.851. The smallest absolute Gasteiger partial charge is 0.188 e. The summed E-state index contributed by atoms with van der Waals surface area (Å²) in [5.41, 5.74) is 1.63. The van der Waals surface area contributed by atoms with Gasteiger partial charge in [0.15, 0.2) is 5.78 Å².